The minimum atomic E-state index is -0.0572. The van der Waals surface area contributed by atoms with Crippen molar-refractivity contribution >= 4 is 34.2 Å². The highest BCUT2D eigenvalue weighted by atomic mass is 32.2. The van der Waals surface area contributed by atoms with Crippen LogP contribution in [-0.2, 0) is 0 Å². The van der Waals surface area contributed by atoms with E-state index in [1.807, 2.05) is 18.2 Å². The summed E-state index contributed by atoms with van der Waals surface area (Å²) in [4.78, 5) is 15.1. The quantitative estimate of drug-likeness (QED) is 0.689. The molecule has 4 nitrogen and oxygen atoms in total. The Hall–Kier alpha value is -1.49. The van der Waals surface area contributed by atoms with Crippen molar-refractivity contribution in [3.05, 3.63) is 24.3 Å². The van der Waals surface area contributed by atoms with Gasteiger partial charge in [0.05, 0.1) is 17.1 Å². The second-order valence-corrected chi connectivity index (χ2v) is 3.77. The molecule has 1 aromatic rings. The molecule has 5 heteroatoms. The first-order valence-electron chi connectivity index (χ1n) is 4.11. The molecule has 1 heterocycles. The average molecular weight is 207 g/mol. The summed E-state index contributed by atoms with van der Waals surface area (Å²) in [5, 5.41) is 2.59. The molecule has 1 aromatic carbocycles. The molecule has 0 aromatic heterocycles. The molecule has 0 spiro atoms. The Bertz CT molecular complexity index is 403. The van der Waals surface area contributed by atoms with E-state index in [-0.39, 0.29) is 5.24 Å². The number of anilines is 1. The van der Waals surface area contributed by atoms with Crippen LogP contribution in [0.2, 0.25) is 0 Å². The summed E-state index contributed by atoms with van der Waals surface area (Å²) in [6.07, 6.45) is 0. The predicted molar refractivity (Wildman–Crippen MR) is 58.9 cm³/mol. The standard InChI is InChI=1S/C9H9N3OS/c10-6-3-1-2-4-7(6)11-8-5-14-9(13)12-8/h1-4H,5,10H2,(H,11,12,13). The van der Waals surface area contributed by atoms with E-state index >= 15 is 0 Å². The molecular formula is C9H9N3OS. The minimum Gasteiger partial charge on any atom is -0.397 e. The summed E-state index contributed by atoms with van der Waals surface area (Å²) in [6.45, 7) is 0. The summed E-state index contributed by atoms with van der Waals surface area (Å²) < 4.78 is 0. The molecule has 1 fully saturated rings. The van der Waals surface area contributed by atoms with Crippen LogP contribution in [0.25, 0.3) is 0 Å². The number of nitrogen functional groups attached to an aromatic ring is 1. The van der Waals surface area contributed by atoms with E-state index in [4.69, 9.17) is 5.73 Å². The largest absolute Gasteiger partial charge is 0.397 e. The van der Waals surface area contributed by atoms with Gasteiger partial charge in [-0.05, 0) is 12.1 Å². The first-order chi connectivity index (χ1) is 6.75. The van der Waals surface area contributed by atoms with Crippen molar-refractivity contribution in [2.24, 2.45) is 4.99 Å². The minimum absolute atomic E-state index is 0.0572. The van der Waals surface area contributed by atoms with Crippen LogP contribution in [-0.4, -0.2) is 16.8 Å². The maximum Gasteiger partial charge on any atom is 0.284 e. The Kier molecular flexibility index (Phi) is 2.41. The predicted octanol–water partition coefficient (Wildman–Crippen LogP) is 1.76. The smallest absolute Gasteiger partial charge is 0.284 e. The van der Waals surface area contributed by atoms with Crippen LogP contribution in [0, 0.1) is 0 Å². The molecule has 2 rings (SSSR count). The van der Waals surface area contributed by atoms with E-state index in [1.165, 1.54) is 11.8 Å². The van der Waals surface area contributed by atoms with Crippen LogP contribution in [0.4, 0.5) is 16.2 Å². The first kappa shape index (κ1) is 9.08. The number of amidine groups is 1. The summed E-state index contributed by atoms with van der Waals surface area (Å²) >= 11 is 1.21. The molecule has 0 unspecified atom stereocenters. The number of para-hydroxylation sites is 2. The maximum absolute atomic E-state index is 10.9. The SMILES string of the molecule is Nc1ccccc1N=C1CSC(=O)N1. The Morgan fingerprint density at radius 3 is 2.86 bits per heavy atom. The van der Waals surface area contributed by atoms with E-state index in [1.54, 1.807) is 6.07 Å². The zero-order chi connectivity index (χ0) is 9.97. The lowest BCUT2D eigenvalue weighted by Gasteiger charge is -1.99. The monoisotopic (exact) mass is 207 g/mol. The number of carbonyl (C=O) groups is 1. The Morgan fingerprint density at radius 1 is 1.43 bits per heavy atom. The molecule has 1 aliphatic rings. The van der Waals surface area contributed by atoms with Gasteiger partial charge in [-0.3, -0.25) is 4.79 Å². The van der Waals surface area contributed by atoms with Crippen molar-refractivity contribution < 1.29 is 4.79 Å². The number of hydrogen-bond acceptors (Lipinski definition) is 4. The third-order valence-corrected chi connectivity index (χ3v) is 2.56. The fourth-order valence-electron chi connectivity index (χ4n) is 1.12. The first-order valence-corrected chi connectivity index (χ1v) is 5.10. The van der Waals surface area contributed by atoms with E-state index < -0.39 is 0 Å². The average Bonchev–Trinajstić information content (AvgIpc) is 2.56. The number of nitrogens with two attached hydrogens (primary N) is 1. The molecule has 0 aliphatic carbocycles. The molecule has 1 saturated heterocycles. The molecule has 0 radical (unpaired) electrons. The van der Waals surface area contributed by atoms with Gasteiger partial charge in [0.25, 0.3) is 5.24 Å². The Morgan fingerprint density at radius 2 is 2.21 bits per heavy atom. The molecule has 1 aliphatic heterocycles. The highest BCUT2D eigenvalue weighted by molar-refractivity contribution is 8.14. The summed E-state index contributed by atoms with van der Waals surface area (Å²) in [5.41, 5.74) is 7.02. The van der Waals surface area contributed by atoms with Crippen molar-refractivity contribution in [3.63, 3.8) is 0 Å². The number of nitrogens with one attached hydrogen (secondary N) is 1. The fraction of sp³-hybridized carbons (Fsp3) is 0.111. The van der Waals surface area contributed by atoms with Gasteiger partial charge in [0.15, 0.2) is 0 Å². The molecule has 0 atom stereocenters. The molecular weight excluding hydrogens is 198 g/mol. The van der Waals surface area contributed by atoms with Crippen LogP contribution in [0.15, 0.2) is 29.3 Å². The van der Waals surface area contributed by atoms with Gasteiger partial charge in [-0.1, -0.05) is 23.9 Å². The van der Waals surface area contributed by atoms with Crippen molar-refractivity contribution in [1.82, 2.24) is 5.32 Å². The number of thioether (sulfide) groups is 1. The van der Waals surface area contributed by atoms with Crippen LogP contribution in [0.5, 0.6) is 0 Å². The third-order valence-electron chi connectivity index (χ3n) is 1.78. The van der Waals surface area contributed by atoms with Gasteiger partial charge in [-0.15, -0.1) is 0 Å². The zero-order valence-corrected chi connectivity index (χ0v) is 8.17. The molecule has 1 amide bonds. The number of carbonyl (C=O) groups excluding carboxylic acids is 1. The number of hydrogen-bond donors (Lipinski definition) is 2. The second-order valence-electron chi connectivity index (χ2n) is 2.82. The number of amides is 1. The van der Waals surface area contributed by atoms with Crippen molar-refractivity contribution in [2.75, 3.05) is 11.5 Å². The normalized spacial score (nSPS) is 18.6. The molecule has 0 saturated carbocycles. The molecule has 0 bridgehead atoms. The number of rotatable bonds is 1. The van der Waals surface area contributed by atoms with Gasteiger partial charge in [0.2, 0.25) is 0 Å². The van der Waals surface area contributed by atoms with Gasteiger partial charge in [-0.25, -0.2) is 4.99 Å². The van der Waals surface area contributed by atoms with Gasteiger partial charge in [0, 0.05) is 0 Å². The van der Waals surface area contributed by atoms with Crippen molar-refractivity contribution in [2.45, 2.75) is 0 Å². The van der Waals surface area contributed by atoms with E-state index in [0.29, 0.717) is 23.0 Å². The molecule has 72 valence electrons. The lowest BCUT2D eigenvalue weighted by molar-refractivity contribution is 0.265. The number of nitrogens with zero attached hydrogens (tertiary/aromatic N) is 1. The highest BCUT2D eigenvalue weighted by Crippen LogP contribution is 2.22. The van der Waals surface area contributed by atoms with Crippen LogP contribution < -0.4 is 11.1 Å². The molecule has 3 N–H and O–H groups in total. The lowest BCUT2D eigenvalue weighted by Crippen LogP contribution is -2.19. The van der Waals surface area contributed by atoms with Crippen LogP contribution in [0.3, 0.4) is 0 Å². The highest BCUT2D eigenvalue weighted by Gasteiger charge is 2.16. The summed E-state index contributed by atoms with van der Waals surface area (Å²) in [5.74, 6) is 1.26. The second kappa shape index (κ2) is 3.71. The number of aliphatic imine (C=N–C) groups is 1. The summed E-state index contributed by atoms with van der Waals surface area (Å²) in [7, 11) is 0. The zero-order valence-electron chi connectivity index (χ0n) is 7.36. The van der Waals surface area contributed by atoms with Crippen molar-refractivity contribution in [3.8, 4) is 0 Å². The lowest BCUT2D eigenvalue weighted by atomic mass is 10.3. The van der Waals surface area contributed by atoms with E-state index in [0.717, 1.165) is 0 Å². The van der Waals surface area contributed by atoms with Crippen LogP contribution in [0.1, 0.15) is 0 Å². The number of benzene rings is 1. The fourth-order valence-corrected chi connectivity index (χ4v) is 1.71. The van der Waals surface area contributed by atoms with Gasteiger partial charge in [0.1, 0.15) is 5.84 Å². The topological polar surface area (TPSA) is 67.5 Å². The Balaban J connectivity index is 2.25. The molecule has 14 heavy (non-hydrogen) atoms. The van der Waals surface area contributed by atoms with Gasteiger partial charge < -0.3 is 11.1 Å². The third kappa shape index (κ3) is 1.88. The van der Waals surface area contributed by atoms with Crippen LogP contribution >= 0.6 is 11.8 Å². The Labute approximate surface area is 85.6 Å². The van der Waals surface area contributed by atoms with Gasteiger partial charge in [-0.2, -0.15) is 0 Å². The van der Waals surface area contributed by atoms with Crippen molar-refractivity contribution in [1.29, 1.82) is 0 Å². The van der Waals surface area contributed by atoms with E-state index in [2.05, 4.69) is 10.3 Å². The van der Waals surface area contributed by atoms with E-state index in [9.17, 15) is 4.79 Å². The van der Waals surface area contributed by atoms with Gasteiger partial charge >= 0.3 is 0 Å². The summed E-state index contributed by atoms with van der Waals surface area (Å²) in [6, 6.07) is 7.31. The maximum atomic E-state index is 10.9.